The van der Waals surface area contributed by atoms with Gasteiger partial charge in [0.25, 0.3) is 0 Å². The third kappa shape index (κ3) is 5.82. The molecule has 1 N–H and O–H groups in total. The maximum absolute atomic E-state index is 11.8. The SMILES string of the molecule is CNCCc1ccc(OC(F)(F)F)cc1.Cl. The third-order valence-corrected chi connectivity index (χ3v) is 1.82. The minimum atomic E-state index is -4.62. The van der Waals surface area contributed by atoms with Crippen LogP contribution in [0.2, 0.25) is 0 Å². The van der Waals surface area contributed by atoms with Crippen LogP contribution in [0.15, 0.2) is 24.3 Å². The number of alkyl halides is 3. The van der Waals surface area contributed by atoms with Crippen molar-refractivity contribution >= 4 is 12.4 Å². The molecule has 2 nitrogen and oxygen atoms in total. The van der Waals surface area contributed by atoms with Crippen LogP contribution in [-0.4, -0.2) is 20.0 Å². The summed E-state index contributed by atoms with van der Waals surface area (Å²) in [6.07, 6.45) is -3.84. The fraction of sp³-hybridized carbons (Fsp3) is 0.400. The molecule has 1 aromatic carbocycles. The predicted octanol–water partition coefficient (Wildman–Crippen LogP) is 2.77. The van der Waals surface area contributed by atoms with Gasteiger partial charge in [-0.25, -0.2) is 0 Å². The fourth-order valence-electron chi connectivity index (χ4n) is 1.13. The molecule has 6 heteroatoms. The second-order valence-electron chi connectivity index (χ2n) is 3.05. The second-order valence-corrected chi connectivity index (χ2v) is 3.05. The Labute approximate surface area is 98.2 Å². The van der Waals surface area contributed by atoms with Gasteiger partial charge in [0.2, 0.25) is 0 Å². The van der Waals surface area contributed by atoms with Crippen LogP contribution < -0.4 is 10.1 Å². The molecular weight excluding hydrogens is 243 g/mol. The molecule has 16 heavy (non-hydrogen) atoms. The molecule has 0 saturated carbocycles. The van der Waals surface area contributed by atoms with Gasteiger partial charge < -0.3 is 10.1 Å². The summed E-state index contributed by atoms with van der Waals surface area (Å²) in [6, 6.07) is 5.88. The Morgan fingerprint density at radius 2 is 1.75 bits per heavy atom. The average Bonchev–Trinajstić information content (AvgIpc) is 2.14. The van der Waals surface area contributed by atoms with Crippen molar-refractivity contribution in [3.8, 4) is 5.75 Å². The zero-order valence-corrected chi connectivity index (χ0v) is 9.49. The van der Waals surface area contributed by atoms with Gasteiger partial charge in [-0.1, -0.05) is 12.1 Å². The predicted molar refractivity (Wildman–Crippen MR) is 58.0 cm³/mol. The topological polar surface area (TPSA) is 21.3 Å². The van der Waals surface area contributed by atoms with E-state index in [1.165, 1.54) is 12.1 Å². The summed E-state index contributed by atoms with van der Waals surface area (Å²) in [5.41, 5.74) is 0.971. The quantitative estimate of drug-likeness (QED) is 0.893. The van der Waals surface area contributed by atoms with Gasteiger partial charge in [0.05, 0.1) is 0 Å². The van der Waals surface area contributed by atoms with Crippen LogP contribution in [0.25, 0.3) is 0 Å². The van der Waals surface area contributed by atoms with E-state index >= 15 is 0 Å². The number of rotatable bonds is 4. The molecule has 0 aliphatic carbocycles. The number of halogens is 4. The van der Waals surface area contributed by atoms with E-state index in [0.29, 0.717) is 0 Å². The summed E-state index contributed by atoms with van der Waals surface area (Å²) < 4.78 is 39.2. The van der Waals surface area contributed by atoms with Crippen molar-refractivity contribution in [2.75, 3.05) is 13.6 Å². The van der Waals surface area contributed by atoms with Crippen LogP contribution in [0.1, 0.15) is 5.56 Å². The normalized spacial score (nSPS) is 10.8. The first kappa shape index (κ1) is 15.1. The van der Waals surface area contributed by atoms with E-state index in [1.807, 2.05) is 7.05 Å². The molecule has 0 spiro atoms. The molecule has 0 radical (unpaired) electrons. The van der Waals surface area contributed by atoms with Crippen molar-refractivity contribution in [2.45, 2.75) is 12.8 Å². The molecule has 0 aliphatic heterocycles. The summed E-state index contributed by atoms with van der Waals surface area (Å²) in [7, 11) is 1.82. The summed E-state index contributed by atoms with van der Waals surface area (Å²) in [5, 5.41) is 2.96. The highest BCUT2D eigenvalue weighted by Crippen LogP contribution is 2.22. The second kappa shape index (κ2) is 6.60. The maximum Gasteiger partial charge on any atom is 0.573 e. The Balaban J connectivity index is 0.00000225. The fourth-order valence-corrected chi connectivity index (χ4v) is 1.13. The van der Waals surface area contributed by atoms with Crippen LogP contribution in [0.5, 0.6) is 5.75 Å². The molecule has 0 saturated heterocycles. The van der Waals surface area contributed by atoms with Crippen molar-refractivity contribution in [1.82, 2.24) is 5.32 Å². The van der Waals surface area contributed by atoms with Crippen LogP contribution >= 0.6 is 12.4 Å². The van der Waals surface area contributed by atoms with E-state index in [4.69, 9.17) is 0 Å². The van der Waals surface area contributed by atoms with Crippen molar-refractivity contribution < 1.29 is 17.9 Å². The van der Waals surface area contributed by atoms with Crippen LogP contribution in [0.3, 0.4) is 0 Å². The van der Waals surface area contributed by atoms with Gasteiger partial charge in [0.15, 0.2) is 0 Å². The Morgan fingerprint density at radius 1 is 1.19 bits per heavy atom. The standard InChI is InChI=1S/C10H12F3NO.ClH/c1-14-7-6-8-2-4-9(5-3-8)15-10(11,12)13;/h2-5,14H,6-7H2,1H3;1H. The minimum Gasteiger partial charge on any atom is -0.406 e. The first-order chi connectivity index (χ1) is 7.01. The zero-order chi connectivity index (χ0) is 11.3. The van der Waals surface area contributed by atoms with Gasteiger partial charge in [0, 0.05) is 0 Å². The van der Waals surface area contributed by atoms with Gasteiger partial charge in [0.1, 0.15) is 5.75 Å². The van der Waals surface area contributed by atoms with Crippen molar-refractivity contribution in [2.24, 2.45) is 0 Å². The van der Waals surface area contributed by atoms with Crippen LogP contribution in [0, 0.1) is 0 Å². The van der Waals surface area contributed by atoms with Gasteiger partial charge in [-0.05, 0) is 37.7 Å². The Hall–Kier alpha value is -0.940. The van der Waals surface area contributed by atoms with Gasteiger partial charge in [-0.15, -0.1) is 25.6 Å². The van der Waals surface area contributed by atoms with E-state index in [0.717, 1.165) is 18.5 Å². The van der Waals surface area contributed by atoms with E-state index in [2.05, 4.69) is 10.1 Å². The number of hydrogen-bond acceptors (Lipinski definition) is 2. The van der Waals surface area contributed by atoms with Crippen LogP contribution in [-0.2, 0) is 6.42 Å². The van der Waals surface area contributed by atoms with Gasteiger partial charge in [-0.3, -0.25) is 0 Å². The lowest BCUT2D eigenvalue weighted by atomic mass is 10.1. The zero-order valence-electron chi connectivity index (χ0n) is 8.67. The molecule has 0 aromatic heterocycles. The lowest BCUT2D eigenvalue weighted by Crippen LogP contribution is -2.17. The highest BCUT2D eigenvalue weighted by Gasteiger charge is 2.30. The van der Waals surface area contributed by atoms with Crippen molar-refractivity contribution in [3.63, 3.8) is 0 Å². The highest BCUT2D eigenvalue weighted by molar-refractivity contribution is 5.85. The van der Waals surface area contributed by atoms with E-state index in [1.54, 1.807) is 12.1 Å². The number of hydrogen-bond donors (Lipinski definition) is 1. The number of ether oxygens (including phenoxy) is 1. The molecule has 0 atom stereocenters. The summed E-state index contributed by atoms with van der Waals surface area (Å²) >= 11 is 0. The molecule has 0 fully saturated rings. The Morgan fingerprint density at radius 3 is 2.19 bits per heavy atom. The molecule has 0 bridgehead atoms. The summed E-state index contributed by atoms with van der Waals surface area (Å²) in [4.78, 5) is 0. The largest absolute Gasteiger partial charge is 0.573 e. The number of likely N-dealkylation sites (N-methyl/N-ethyl adjacent to an activating group) is 1. The highest BCUT2D eigenvalue weighted by atomic mass is 35.5. The Bertz CT molecular complexity index is 300. The lowest BCUT2D eigenvalue weighted by Gasteiger charge is -2.09. The number of benzene rings is 1. The van der Waals surface area contributed by atoms with Crippen molar-refractivity contribution in [3.05, 3.63) is 29.8 Å². The first-order valence-electron chi connectivity index (χ1n) is 4.50. The van der Waals surface area contributed by atoms with E-state index < -0.39 is 6.36 Å². The molecule has 92 valence electrons. The molecular formula is C10H13ClF3NO. The molecule has 1 rings (SSSR count). The van der Waals surface area contributed by atoms with Crippen molar-refractivity contribution in [1.29, 1.82) is 0 Å². The maximum atomic E-state index is 11.8. The minimum absolute atomic E-state index is 0. The van der Waals surface area contributed by atoms with Gasteiger partial charge >= 0.3 is 6.36 Å². The summed E-state index contributed by atoms with van der Waals surface area (Å²) in [5.74, 6) is -0.185. The Kier molecular flexibility index (Phi) is 6.21. The summed E-state index contributed by atoms with van der Waals surface area (Å²) in [6.45, 7) is 0.791. The monoisotopic (exact) mass is 255 g/mol. The van der Waals surface area contributed by atoms with Gasteiger partial charge in [-0.2, -0.15) is 0 Å². The number of nitrogens with one attached hydrogen (secondary N) is 1. The third-order valence-electron chi connectivity index (χ3n) is 1.82. The van der Waals surface area contributed by atoms with Crippen LogP contribution in [0.4, 0.5) is 13.2 Å². The van der Waals surface area contributed by atoms with E-state index in [9.17, 15) is 13.2 Å². The molecule has 0 heterocycles. The molecule has 1 aromatic rings. The smallest absolute Gasteiger partial charge is 0.406 e. The molecule has 0 aliphatic rings. The average molecular weight is 256 g/mol. The molecule has 0 unspecified atom stereocenters. The molecule has 0 amide bonds. The first-order valence-corrected chi connectivity index (χ1v) is 4.50. The lowest BCUT2D eigenvalue weighted by molar-refractivity contribution is -0.274. The van der Waals surface area contributed by atoms with E-state index in [-0.39, 0.29) is 18.2 Å².